The van der Waals surface area contributed by atoms with Crippen LogP contribution in [0.2, 0.25) is 0 Å². The number of thioether (sulfide) groups is 1. The number of aromatic nitrogens is 2. The summed E-state index contributed by atoms with van der Waals surface area (Å²) in [7, 11) is 0. The third-order valence-corrected chi connectivity index (χ3v) is 7.47. The van der Waals surface area contributed by atoms with Gasteiger partial charge in [0.15, 0.2) is 6.61 Å². The van der Waals surface area contributed by atoms with Crippen molar-refractivity contribution in [1.29, 1.82) is 5.26 Å². The first-order valence-corrected chi connectivity index (χ1v) is 14.6. The lowest BCUT2D eigenvalue weighted by molar-refractivity contribution is -0.119. The fraction of sp³-hybridized carbons (Fsp3) is 0.0882. The minimum Gasteiger partial charge on any atom is -0.452 e. The average Bonchev–Trinajstić information content (AvgIpc) is 3.47. The zero-order valence-corrected chi connectivity index (χ0v) is 24.5. The highest BCUT2D eigenvalue weighted by molar-refractivity contribution is 8.00. The molecule has 9 nitrogen and oxygen atoms in total. The van der Waals surface area contributed by atoms with Gasteiger partial charge in [-0.3, -0.25) is 9.59 Å². The van der Waals surface area contributed by atoms with Gasteiger partial charge in [0, 0.05) is 22.2 Å². The molecule has 0 aliphatic carbocycles. The lowest BCUT2D eigenvalue weighted by Crippen LogP contribution is -2.22. The van der Waals surface area contributed by atoms with Gasteiger partial charge in [-0.25, -0.2) is 9.48 Å². The maximum atomic E-state index is 13.0. The van der Waals surface area contributed by atoms with Crippen LogP contribution < -0.4 is 10.6 Å². The van der Waals surface area contributed by atoms with E-state index in [2.05, 4.69) is 10.6 Å². The van der Waals surface area contributed by atoms with E-state index in [0.29, 0.717) is 27.7 Å². The van der Waals surface area contributed by atoms with Crippen molar-refractivity contribution in [2.75, 3.05) is 23.0 Å². The van der Waals surface area contributed by atoms with E-state index in [0.717, 1.165) is 28.6 Å². The van der Waals surface area contributed by atoms with Crippen molar-refractivity contribution in [3.05, 3.63) is 126 Å². The van der Waals surface area contributed by atoms with Gasteiger partial charge < -0.3 is 15.4 Å². The van der Waals surface area contributed by atoms with Gasteiger partial charge in [0.25, 0.3) is 5.91 Å². The van der Waals surface area contributed by atoms with Gasteiger partial charge in [0.1, 0.15) is 5.82 Å². The average molecular weight is 602 g/mol. The summed E-state index contributed by atoms with van der Waals surface area (Å²) in [6, 6.07) is 34.4. The molecule has 218 valence electrons. The highest BCUT2D eigenvalue weighted by atomic mass is 32.2. The molecule has 0 aliphatic rings. The third-order valence-electron chi connectivity index (χ3n) is 6.40. The predicted molar refractivity (Wildman–Crippen MR) is 170 cm³/mol. The molecular weight excluding hydrogens is 574 g/mol. The standard InChI is InChI=1S/C34H27N5O4S/c1-23-14-16-25(17-15-23)29-19-31(39(38-29)27-10-3-2-4-11-27)37-32(40)21-43-34(42)28-12-5-6-13-30(28)44-22-33(41)36-26-9-7-8-24(18-26)20-35/h2-19H,21-22H2,1H3,(H,36,41)(H,37,40). The molecule has 0 atom stereocenters. The molecule has 0 fully saturated rings. The number of aryl methyl sites for hydroxylation is 1. The highest BCUT2D eigenvalue weighted by Crippen LogP contribution is 2.26. The second-order valence-electron chi connectivity index (χ2n) is 9.68. The smallest absolute Gasteiger partial charge is 0.339 e. The molecule has 0 bridgehead atoms. The molecule has 4 aromatic carbocycles. The number of ether oxygens (including phenoxy) is 1. The number of nitrogens with one attached hydrogen (secondary N) is 2. The van der Waals surface area contributed by atoms with Gasteiger partial charge in [-0.15, -0.1) is 11.8 Å². The molecule has 0 saturated carbocycles. The number of carbonyl (C=O) groups excluding carboxylic acids is 3. The van der Waals surface area contributed by atoms with E-state index < -0.39 is 18.5 Å². The lowest BCUT2D eigenvalue weighted by atomic mass is 10.1. The molecule has 1 heterocycles. The van der Waals surface area contributed by atoms with Gasteiger partial charge in [0.05, 0.1) is 34.3 Å². The molecule has 0 unspecified atom stereocenters. The molecule has 10 heteroatoms. The number of rotatable bonds is 10. The number of carbonyl (C=O) groups is 3. The Bertz CT molecular complexity index is 1850. The topological polar surface area (TPSA) is 126 Å². The molecule has 0 saturated heterocycles. The zero-order valence-electron chi connectivity index (χ0n) is 23.7. The number of nitriles is 1. The van der Waals surface area contributed by atoms with Crippen molar-refractivity contribution in [1.82, 2.24) is 9.78 Å². The van der Waals surface area contributed by atoms with Crippen LogP contribution in [0.5, 0.6) is 0 Å². The number of nitrogens with zero attached hydrogens (tertiary/aromatic N) is 3. The SMILES string of the molecule is Cc1ccc(-c2cc(NC(=O)COC(=O)c3ccccc3SCC(=O)Nc3cccc(C#N)c3)n(-c3ccccc3)n2)cc1. The number of anilines is 2. The Morgan fingerprint density at radius 2 is 1.61 bits per heavy atom. The zero-order chi connectivity index (χ0) is 30.9. The van der Waals surface area contributed by atoms with Crippen molar-refractivity contribution >= 4 is 41.1 Å². The summed E-state index contributed by atoms with van der Waals surface area (Å²) in [5, 5.41) is 19.3. The number of hydrogen-bond donors (Lipinski definition) is 2. The summed E-state index contributed by atoms with van der Waals surface area (Å²) in [6.45, 7) is 1.49. The number of esters is 1. The van der Waals surface area contributed by atoms with E-state index >= 15 is 0 Å². The van der Waals surface area contributed by atoms with Crippen molar-refractivity contribution in [2.45, 2.75) is 11.8 Å². The minimum absolute atomic E-state index is 0.0222. The van der Waals surface area contributed by atoms with Crippen LogP contribution in [-0.2, 0) is 14.3 Å². The first-order valence-electron chi connectivity index (χ1n) is 13.6. The lowest BCUT2D eigenvalue weighted by Gasteiger charge is -2.11. The maximum Gasteiger partial charge on any atom is 0.339 e. The summed E-state index contributed by atoms with van der Waals surface area (Å²) < 4.78 is 6.98. The van der Waals surface area contributed by atoms with Crippen molar-refractivity contribution in [3.8, 4) is 23.0 Å². The Kier molecular flexibility index (Phi) is 9.49. The Morgan fingerprint density at radius 3 is 2.39 bits per heavy atom. The Labute approximate surface area is 258 Å². The normalized spacial score (nSPS) is 10.5. The molecule has 0 aliphatic heterocycles. The van der Waals surface area contributed by atoms with Crippen LogP contribution in [0, 0.1) is 18.3 Å². The summed E-state index contributed by atoms with van der Waals surface area (Å²) in [6.07, 6.45) is 0. The van der Waals surface area contributed by atoms with Crippen molar-refractivity contribution in [2.24, 2.45) is 0 Å². The number of hydrogen-bond acceptors (Lipinski definition) is 7. The van der Waals surface area contributed by atoms with Crippen LogP contribution in [0.4, 0.5) is 11.5 Å². The second-order valence-corrected chi connectivity index (χ2v) is 10.7. The molecule has 1 aromatic heterocycles. The first-order chi connectivity index (χ1) is 21.4. The molecule has 2 N–H and O–H groups in total. The molecule has 0 radical (unpaired) electrons. The fourth-order valence-electron chi connectivity index (χ4n) is 4.26. The van der Waals surface area contributed by atoms with Crippen LogP contribution >= 0.6 is 11.8 Å². The van der Waals surface area contributed by atoms with Crippen LogP contribution in [-0.4, -0.2) is 39.9 Å². The van der Waals surface area contributed by atoms with Gasteiger partial charge in [0.2, 0.25) is 5.91 Å². The maximum absolute atomic E-state index is 13.0. The summed E-state index contributed by atoms with van der Waals surface area (Å²) in [5.41, 5.74) is 4.62. The number of para-hydroxylation sites is 1. The van der Waals surface area contributed by atoms with Crippen molar-refractivity contribution < 1.29 is 19.1 Å². The first kappa shape index (κ1) is 29.8. The Morgan fingerprint density at radius 1 is 0.864 bits per heavy atom. The van der Waals surface area contributed by atoms with Crippen molar-refractivity contribution in [3.63, 3.8) is 0 Å². The third kappa shape index (κ3) is 7.59. The molecule has 5 rings (SSSR count). The number of benzene rings is 4. The van der Waals surface area contributed by atoms with Crippen LogP contribution in [0.1, 0.15) is 21.5 Å². The second kappa shape index (κ2) is 14.0. The fourth-order valence-corrected chi connectivity index (χ4v) is 5.10. The summed E-state index contributed by atoms with van der Waals surface area (Å²) in [4.78, 5) is 38.9. The van der Waals surface area contributed by atoms with Crippen LogP contribution in [0.3, 0.4) is 0 Å². The van der Waals surface area contributed by atoms with E-state index in [4.69, 9.17) is 15.1 Å². The minimum atomic E-state index is -0.692. The van der Waals surface area contributed by atoms with E-state index in [1.165, 1.54) is 0 Å². The molecule has 5 aromatic rings. The van der Waals surface area contributed by atoms with E-state index in [9.17, 15) is 14.4 Å². The van der Waals surface area contributed by atoms with E-state index in [1.807, 2.05) is 67.6 Å². The molecule has 0 spiro atoms. The molecule has 2 amide bonds. The summed E-state index contributed by atoms with van der Waals surface area (Å²) >= 11 is 1.16. The Hall–Kier alpha value is -5.66. The van der Waals surface area contributed by atoms with E-state index in [-0.39, 0.29) is 17.2 Å². The van der Waals surface area contributed by atoms with Crippen LogP contribution in [0.15, 0.2) is 114 Å². The molecular formula is C34H27N5O4S. The monoisotopic (exact) mass is 601 g/mol. The predicted octanol–water partition coefficient (Wildman–Crippen LogP) is 6.25. The number of amides is 2. The van der Waals surface area contributed by atoms with Gasteiger partial charge >= 0.3 is 5.97 Å². The Balaban J connectivity index is 1.22. The van der Waals surface area contributed by atoms with Gasteiger partial charge in [-0.2, -0.15) is 10.4 Å². The van der Waals surface area contributed by atoms with Gasteiger partial charge in [-0.05, 0) is 49.4 Å². The molecule has 44 heavy (non-hydrogen) atoms. The largest absolute Gasteiger partial charge is 0.452 e. The highest BCUT2D eigenvalue weighted by Gasteiger charge is 2.18. The quantitative estimate of drug-likeness (QED) is 0.143. The van der Waals surface area contributed by atoms with Crippen LogP contribution in [0.25, 0.3) is 16.9 Å². The van der Waals surface area contributed by atoms with E-state index in [1.54, 1.807) is 59.3 Å². The van der Waals surface area contributed by atoms with Gasteiger partial charge in [-0.1, -0.05) is 66.2 Å². The summed E-state index contributed by atoms with van der Waals surface area (Å²) in [5.74, 6) is -1.07.